The Balaban J connectivity index is 1.39. The van der Waals surface area contributed by atoms with Gasteiger partial charge in [-0.1, -0.05) is 42.5 Å². The monoisotopic (exact) mass is 553 g/mol. The van der Waals surface area contributed by atoms with Gasteiger partial charge in [0.1, 0.15) is 24.2 Å². The summed E-state index contributed by atoms with van der Waals surface area (Å²) in [6, 6.07) is 15.9. The first-order chi connectivity index (χ1) is 19.1. The molecule has 0 spiro atoms. The Hall–Kier alpha value is -3.62. The first-order valence-corrected chi connectivity index (χ1v) is 14.1. The first kappa shape index (κ1) is 29.4. The van der Waals surface area contributed by atoms with E-state index in [9.17, 15) is 18.8 Å². The molecule has 2 unspecified atom stereocenters. The second-order valence-corrected chi connectivity index (χ2v) is 11.7. The van der Waals surface area contributed by atoms with Crippen molar-refractivity contribution in [2.75, 3.05) is 19.6 Å². The van der Waals surface area contributed by atoms with Crippen molar-refractivity contribution in [3.8, 4) is 0 Å². The number of ether oxygens (including phenoxy) is 2. The summed E-state index contributed by atoms with van der Waals surface area (Å²) in [5.41, 5.74) is 1.21. The van der Waals surface area contributed by atoms with Gasteiger partial charge in [0, 0.05) is 25.6 Å². The lowest BCUT2D eigenvalue weighted by atomic mass is 9.88. The van der Waals surface area contributed by atoms with Gasteiger partial charge in [-0.25, -0.2) is 14.0 Å². The second-order valence-electron chi connectivity index (χ2n) is 11.7. The lowest BCUT2D eigenvalue weighted by molar-refractivity contribution is -0.140. The Morgan fingerprint density at radius 3 is 2.40 bits per heavy atom. The average molecular weight is 554 g/mol. The van der Waals surface area contributed by atoms with Crippen LogP contribution < -0.4 is 5.32 Å². The maximum atomic E-state index is 13.6. The van der Waals surface area contributed by atoms with E-state index in [1.54, 1.807) is 32.9 Å². The summed E-state index contributed by atoms with van der Waals surface area (Å²) in [7, 11) is 0. The summed E-state index contributed by atoms with van der Waals surface area (Å²) >= 11 is 0. The van der Waals surface area contributed by atoms with Crippen LogP contribution in [0.15, 0.2) is 54.6 Å². The molecule has 2 aliphatic heterocycles. The molecule has 0 aromatic heterocycles. The van der Waals surface area contributed by atoms with Gasteiger partial charge in [-0.05, 0) is 82.1 Å². The van der Waals surface area contributed by atoms with Crippen LogP contribution in [0.2, 0.25) is 0 Å². The van der Waals surface area contributed by atoms with Crippen LogP contribution in [-0.2, 0) is 27.3 Å². The Kier molecular flexibility index (Phi) is 9.66. The van der Waals surface area contributed by atoms with Crippen molar-refractivity contribution >= 4 is 18.1 Å². The summed E-state index contributed by atoms with van der Waals surface area (Å²) in [6.07, 6.45) is 1.53. The van der Waals surface area contributed by atoms with Crippen molar-refractivity contribution in [2.45, 2.75) is 71.2 Å². The Bertz CT molecular complexity index is 1150. The highest BCUT2D eigenvalue weighted by atomic mass is 19.1. The largest absolute Gasteiger partial charge is 0.445 e. The minimum Gasteiger partial charge on any atom is -0.445 e. The summed E-state index contributed by atoms with van der Waals surface area (Å²) < 4.78 is 24.3. The molecule has 0 radical (unpaired) electrons. The van der Waals surface area contributed by atoms with Crippen molar-refractivity contribution in [1.29, 1.82) is 0 Å². The first-order valence-electron chi connectivity index (χ1n) is 14.1. The maximum Gasteiger partial charge on any atom is 0.411 e. The number of hydrogen-bond acceptors (Lipinski definition) is 5. The molecule has 4 rings (SSSR count). The molecular weight excluding hydrogens is 513 g/mol. The number of carbonyl (C=O) groups is 3. The fourth-order valence-electron chi connectivity index (χ4n) is 5.41. The molecule has 216 valence electrons. The number of hydrogen-bond donors (Lipinski definition) is 1. The zero-order chi connectivity index (χ0) is 28.7. The number of halogens is 1. The minimum atomic E-state index is -0.736. The molecule has 2 saturated heterocycles. The Morgan fingerprint density at radius 2 is 1.70 bits per heavy atom. The number of likely N-dealkylation sites (tertiary alicyclic amines) is 2. The van der Waals surface area contributed by atoms with Crippen LogP contribution in [0.5, 0.6) is 0 Å². The summed E-state index contributed by atoms with van der Waals surface area (Å²) in [6.45, 7) is 7.06. The van der Waals surface area contributed by atoms with Gasteiger partial charge < -0.3 is 19.7 Å². The highest BCUT2D eigenvalue weighted by molar-refractivity contribution is 5.80. The Morgan fingerprint density at radius 1 is 0.975 bits per heavy atom. The molecule has 0 saturated carbocycles. The van der Waals surface area contributed by atoms with E-state index < -0.39 is 24.0 Å². The topological polar surface area (TPSA) is 88.2 Å². The second kappa shape index (κ2) is 13.2. The van der Waals surface area contributed by atoms with Gasteiger partial charge in [-0.2, -0.15) is 0 Å². The Labute approximate surface area is 235 Å². The van der Waals surface area contributed by atoms with E-state index in [4.69, 9.17) is 9.47 Å². The van der Waals surface area contributed by atoms with Gasteiger partial charge in [0.05, 0.1) is 0 Å². The van der Waals surface area contributed by atoms with Crippen LogP contribution in [0, 0.1) is 17.7 Å². The minimum absolute atomic E-state index is 0.0390. The predicted octanol–water partition coefficient (Wildman–Crippen LogP) is 5.51. The third kappa shape index (κ3) is 8.44. The smallest absolute Gasteiger partial charge is 0.411 e. The van der Waals surface area contributed by atoms with Crippen LogP contribution in [-0.4, -0.2) is 59.3 Å². The number of amides is 3. The van der Waals surface area contributed by atoms with Gasteiger partial charge in [0.25, 0.3) is 0 Å². The number of rotatable bonds is 6. The standard InChI is InChI=1S/C31H40FN3O5/c1-31(2,3)40-30(38)35-17-15-25(19-27(35)33-29(37)39-21-23-8-5-4-6-9-23)28(36)34-16-7-10-24(20-34)18-22-11-13-26(32)14-12-22/h4-6,8-9,11-14,24-25,27H,7,10,15-21H2,1-3H3,(H,33,37)/t24-,25?,27?/m0/s1. The number of piperidine rings is 2. The number of nitrogens with zero attached hydrogens (tertiary/aromatic N) is 2. The van der Waals surface area contributed by atoms with Gasteiger partial charge in [0.15, 0.2) is 0 Å². The number of benzene rings is 2. The molecule has 2 heterocycles. The molecule has 1 N–H and O–H groups in total. The van der Waals surface area contributed by atoms with E-state index in [1.807, 2.05) is 35.2 Å². The van der Waals surface area contributed by atoms with Gasteiger partial charge in [0.2, 0.25) is 5.91 Å². The van der Waals surface area contributed by atoms with Crippen molar-refractivity contribution < 1.29 is 28.2 Å². The van der Waals surface area contributed by atoms with Gasteiger partial charge in [-0.3, -0.25) is 9.69 Å². The van der Waals surface area contributed by atoms with Crippen LogP contribution in [0.1, 0.15) is 57.6 Å². The van der Waals surface area contributed by atoms with Crippen molar-refractivity contribution in [3.63, 3.8) is 0 Å². The third-order valence-electron chi connectivity index (χ3n) is 7.35. The fraction of sp³-hybridized carbons (Fsp3) is 0.516. The molecule has 0 bridgehead atoms. The third-order valence-corrected chi connectivity index (χ3v) is 7.35. The molecule has 3 atom stereocenters. The molecule has 2 fully saturated rings. The number of nitrogens with one attached hydrogen (secondary N) is 1. The zero-order valence-corrected chi connectivity index (χ0v) is 23.6. The van der Waals surface area contributed by atoms with Crippen LogP contribution in [0.4, 0.5) is 14.0 Å². The van der Waals surface area contributed by atoms with E-state index in [2.05, 4.69) is 5.32 Å². The number of carbonyl (C=O) groups excluding carboxylic acids is 3. The molecular formula is C31H40FN3O5. The van der Waals surface area contributed by atoms with E-state index in [-0.39, 0.29) is 37.2 Å². The molecule has 2 aromatic rings. The summed E-state index contributed by atoms with van der Waals surface area (Å²) in [5, 5.41) is 2.80. The van der Waals surface area contributed by atoms with Crippen molar-refractivity contribution in [1.82, 2.24) is 15.1 Å². The molecule has 8 nitrogen and oxygen atoms in total. The highest BCUT2D eigenvalue weighted by Crippen LogP contribution is 2.29. The summed E-state index contributed by atoms with van der Waals surface area (Å²) in [4.78, 5) is 42.7. The molecule has 40 heavy (non-hydrogen) atoms. The molecule has 2 aromatic carbocycles. The van der Waals surface area contributed by atoms with Crippen molar-refractivity contribution in [3.05, 3.63) is 71.5 Å². The lowest BCUT2D eigenvalue weighted by Gasteiger charge is -2.41. The predicted molar refractivity (Wildman–Crippen MR) is 149 cm³/mol. The van der Waals surface area contributed by atoms with E-state index >= 15 is 0 Å². The van der Waals surface area contributed by atoms with Crippen molar-refractivity contribution in [2.24, 2.45) is 11.8 Å². The van der Waals surface area contributed by atoms with Crippen LogP contribution >= 0.6 is 0 Å². The maximum absolute atomic E-state index is 13.6. The molecule has 3 amide bonds. The fourth-order valence-corrected chi connectivity index (χ4v) is 5.41. The van der Waals surface area contributed by atoms with E-state index in [1.165, 1.54) is 17.0 Å². The molecule has 2 aliphatic rings. The lowest BCUT2D eigenvalue weighted by Crippen LogP contribution is -2.57. The quantitative estimate of drug-likeness (QED) is 0.510. The van der Waals surface area contributed by atoms with Gasteiger partial charge in [-0.15, -0.1) is 0 Å². The van der Waals surface area contributed by atoms with Gasteiger partial charge >= 0.3 is 12.2 Å². The highest BCUT2D eigenvalue weighted by Gasteiger charge is 2.40. The van der Waals surface area contributed by atoms with Crippen LogP contribution in [0.25, 0.3) is 0 Å². The van der Waals surface area contributed by atoms with E-state index in [0.717, 1.165) is 30.4 Å². The molecule has 0 aliphatic carbocycles. The normalized spacial score (nSPS) is 21.4. The summed E-state index contributed by atoms with van der Waals surface area (Å²) in [5.74, 6) is -0.263. The van der Waals surface area contributed by atoms with E-state index in [0.29, 0.717) is 25.4 Å². The average Bonchev–Trinajstić information content (AvgIpc) is 2.92. The molecule has 9 heteroatoms. The SMILES string of the molecule is CC(C)(C)OC(=O)N1CCC(C(=O)N2CCC[C@@H](Cc3ccc(F)cc3)C2)CC1NC(=O)OCc1ccccc1. The zero-order valence-electron chi connectivity index (χ0n) is 23.6. The van der Waals surface area contributed by atoms with Crippen LogP contribution in [0.3, 0.4) is 0 Å². The number of alkyl carbamates (subject to hydrolysis) is 1.